The van der Waals surface area contributed by atoms with E-state index in [1.807, 2.05) is 50.2 Å². The van der Waals surface area contributed by atoms with Crippen LogP contribution in [0.2, 0.25) is 0 Å². The first-order valence-electron chi connectivity index (χ1n) is 10.7. The quantitative estimate of drug-likeness (QED) is 0.373. The monoisotopic (exact) mass is 414 g/mol. The second-order valence-corrected chi connectivity index (χ2v) is 8.08. The number of anilines is 1. The molecule has 0 unspecified atom stereocenters. The van der Waals surface area contributed by atoms with E-state index < -0.39 is 0 Å². The van der Waals surface area contributed by atoms with E-state index in [9.17, 15) is 9.18 Å². The minimum atomic E-state index is -0.218. The zero-order valence-corrected chi connectivity index (χ0v) is 18.0. The molecule has 3 nitrogen and oxygen atoms in total. The van der Waals surface area contributed by atoms with Crippen LogP contribution >= 0.6 is 0 Å². The van der Waals surface area contributed by atoms with Crippen molar-refractivity contribution in [3.63, 3.8) is 0 Å². The number of amides is 1. The van der Waals surface area contributed by atoms with Crippen molar-refractivity contribution >= 4 is 22.5 Å². The Kier molecular flexibility index (Phi) is 6.17. The molecular weight excluding hydrogens is 387 g/mol. The number of hydrogen-bond donors (Lipinski definition) is 1. The maximum absolute atomic E-state index is 13.6. The first-order chi connectivity index (χ1) is 15.0. The fourth-order valence-electron chi connectivity index (χ4n) is 4.02. The van der Waals surface area contributed by atoms with Crippen LogP contribution in [0.15, 0.2) is 72.9 Å². The van der Waals surface area contributed by atoms with Gasteiger partial charge in [-0.15, -0.1) is 0 Å². The van der Waals surface area contributed by atoms with Crippen LogP contribution in [0.25, 0.3) is 10.9 Å². The second kappa shape index (κ2) is 9.17. The molecule has 0 aliphatic rings. The van der Waals surface area contributed by atoms with Crippen molar-refractivity contribution < 1.29 is 9.18 Å². The lowest BCUT2D eigenvalue weighted by atomic mass is 10.1. The third kappa shape index (κ3) is 4.85. The summed E-state index contributed by atoms with van der Waals surface area (Å²) in [7, 11) is 0. The third-order valence-corrected chi connectivity index (χ3v) is 5.84. The molecule has 1 N–H and O–H groups in total. The van der Waals surface area contributed by atoms with Crippen LogP contribution in [0.5, 0.6) is 0 Å². The minimum absolute atomic E-state index is 0.0391. The average Bonchev–Trinajstić information content (AvgIpc) is 3.09. The van der Waals surface area contributed by atoms with Crippen LogP contribution in [0.4, 0.5) is 10.1 Å². The van der Waals surface area contributed by atoms with Gasteiger partial charge in [-0.3, -0.25) is 4.79 Å². The van der Waals surface area contributed by atoms with Crippen molar-refractivity contribution in [2.45, 2.75) is 39.7 Å². The van der Waals surface area contributed by atoms with Crippen LogP contribution in [-0.2, 0) is 17.8 Å². The molecule has 0 saturated carbocycles. The lowest BCUT2D eigenvalue weighted by Crippen LogP contribution is -2.12. The highest BCUT2D eigenvalue weighted by atomic mass is 19.1. The predicted octanol–water partition coefficient (Wildman–Crippen LogP) is 6.41. The van der Waals surface area contributed by atoms with Gasteiger partial charge in [0, 0.05) is 35.8 Å². The number of halogens is 1. The molecule has 0 aliphatic heterocycles. The molecule has 1 aromatic heterocycles. The van der Waals surface area contributed by atoms with Crippen LogP contribution in [0.3, 0.4) is 0 Å². The van der Waals surface area contributed by atoms with Gasteiger partial charge in [0.1, 0.15) is 5.82 Å². The Morgan fingerprint density at radius 3 is 2.65 bits per heavy atom. The van der Waals surface area contributed by atoms with Crippen molar-refractivity contribution in [3.8, 4) is 0 Å². The highest BCUT2D eigenvalue weighted by molar-refractivity contribution is 5.91. The summed E-state index contributed by atoms with van der Waals surface area (Å²) < 4.78 is 15.7. The van der Waals surface area contributed by atoms with Gasteiger partial charge in [0.05, 0.1) is 0 Å². The van der Waals surface area contributed by atoms with Crippen molar-refractivity contribution in [1.29, 1.82) is 0 Å². The van der Waals surface area contributed by atoms with Crippen LogP contribution in [-0.4, -0.2) is 10.5 Å². The molecule has 1 heterocycles. The topological polar surface area (TPSA) is 34.0 Å². The van der Waals surface area contributed by atoms with Gasteiger partial charge in [-0.1, -0.05) is 42.5 Å². The first kappa shape index (κ1) is 20.9. The van der Waals surface area contributed by atoms with Gasteiger partial charge in [-0.2, -0.15) is 0 Å². The number of rotatable bonds is 7. The first-order valence-corrected chi connectivity index (χ1v) is 10.7. The van der Waals surface area contributed by atoms with Gasteiger partial charge >= 0.3 is 0 Å². The zero-order chi connectivity index (χ0) is 21.8. The molecule has 158 valence electrons. The van der Waals surface area contributed by atoms with Crippen molar-refractivity contribution in [3.05, 3.63) is 101 Å². The van der Waals surface area contributed by atoms with Gasteiger partial charge in [0.2, 0.25) is 5.91 Å². The standard InChI is InChI=1S/C27H27FN2O/c1-19-8-5-13-25(20(19)2)29-27(31)15-7-10-22-18-30(26-14-4-3-12-24(22)26)17-21-9-6-11-23(28)16-21/h3-6,8-9,11-14,16,18H,7,10,15,17H2,1-2H3,(H,29,31). The summed E-state index contributed by atoms with van der Waals surface area (Å²) in [5, 5.41) is 4.23. The Labute approximate surface area is 182 Å². The third-order valence-electron chi connectivity index (χ3n) is 5.84. The molecule has 1 amide bonds. The van der Waals surface area contributed by atoms with Crippen molar-refractivity contribution in [2.24, 2.45) is 0 Å². The van der Waals surface area contributed by atoms with Crippen LogP contribution in [0, 0.1) is 19.7 Å². The Morgan fingerprint density at radius 1 is 1.00 bits per heavy atom. The molecule has 0 fully saturated rings. The van der Waals surface area contributed by atoms with Gasteiger partial charge in [0.25, 0.3) is 0 Å². The fourth-order valence-corrected chi connectivity index (χ4v) is 4.02. The molecule has 3 aromatic carbocycles. The molecule has 4 aromatic rings. The van der Waals surface area contributed by atoms with E-state index in [4.69, 9.17) is 0 Å². The van der Waals surface area contributed by atoms with Crippen LogP contribution in [0.1, 0.15) is 35.1 Å². The number of aromatic nitrogens is 1. The summed E-state index contributed by atoms with van der Waals surface area (Å²) in [6.07, 6.45) is 4.19. The van der Waals surface area contributed by atoms with E-state index in [-0.39, 0.29) is 11.7 Å². The van der Waals surface area contributed by atoms with E-state index in [0.717, 1.165) is 35.2 Å². The summed E-state index contributed by atoms with van der Waals surface area (Å²) in [5.41, 5.74) is 6.44. The number of benzene rings is 3. The number of aryl methyl sites for hydroxylation is 2. The van der Waals surface area contributed by atoms with Gasteiger partial charge in [-0.25, -0.2) is 4.39 Å². The Hall–Kier alpha value is -3.40. The molecule has 0 aliphatic carbocycles. The minimum Gasteiger partial charge on any atom is -0.343 e. The van der Waals surface area contributed by atoms with E-state index >= 15 is 0 Å². The average molecular weight is 415 g/mol. The molecule has 0 bridgehead atoms. The zero-order valence-electron chi connectivity index (χ0n) is 18.0. The van der Waals surface area contributed by atoms with E-state index in [1.54, 1.807) is 12.1 Å². The smallest absolute Gasteiger partial charge is 0.224 e. The van der Waals surface area contributed by atoms with Gasteiger partial charge < -0.3 is 9.88 Å². The fraction of sp³-hybridized carbons (Fsp3) is 0.222. The number of hydrogen-bond acceptors (Lipinski definition) is 1. The molecule has 0 radical (unpaired) electrons. The molecule has 4 rings (SSSR count). The number of carbonyl (C=O) groups is 1. The highest BCUT2D eigenvalue weighted by Crippen LogP contribution is 2.24. The van der Waals surface area contributed by atoms with Crippen molar-refractivity contribution in [2.75, 3.05) is 5.32 Å². The van der Waals surface area contributed by atoms with E-state index in [0.29, 0.717) is 13.0 Å². The summed E-state index contributed by atoms with van der Waals surface area (Å²) >= 11 is 0. The number of fused-ring (bicyclic) bond motifs is 1. The lowest BCUT2D eigenvalue weighted by molar-refractivity contribution is -0.116. The van der Waals surface area contributed by atoms with Crippen LogP contribution < -0.4 is 5.32 Å². The molecule has 4 heteroatoms. The number of nitrogens with zero attached hydrogens (tertiary/aromatic N) is 1. The predicted molar refractivity (Wildman–Crippen MR) is 125 cm³/mol. The van der Waals surface area contributed by atoms with E-state index in [2.05, 4.69) is 28.2 Å². The molecule has 0 spiro atoms. The van der Waals surface area contributed by atoms with Gasteiger partial charge in [0.15, 0.2) is 0 Å². The highest BCUT2D eigenvalue weighted by Gasteiger charge is 2.11. The molecule has 0 atom stereocenters. The van der Waals surface area contributed by atoms with Crippen molar-refractivity contribution in [1.82, 2.24) is 4.57 Å². The maximum Gasteiger partial charge on any atom is 0.224 e. The summed E-state index contributed by atoms with van der Waals surface area (Å²) in [5.74, 6) is -0.179. The number of para-hydroxylation sites is 1. The molecular formula is C27H27FN2O. The van der Waals surface area contributed by atoms with E-state index in [1.165, 1.54) is 22.6 Å². The summed E-state index contributed by atoms with van der Waals surface area (Å²) in [6, 6.07) is 20.9. The maximum atomic E-state index is 13.6. The number of nitrogens with one attached hydrogen (secondary N) is 1. The summed E-state index contributed by atoms with van der Waals surface area (Å²) in [6.45, 7) is 4.69. The SMILES string of the molecule is Cc1cccc(NC(=O)CCCc2cn(Cc3cccc(F)c3)c3ccccc23)c1C. The number of carbonyl (C=O) groups excluding carboxylic acids is 1. The second-order valence-electron chi connectivity index (χ2n) is 8.08. The Morgan fingerprint density at radius 2 is 1.81 bits per heavy atom. The Balaban J connectivity index is 1.44. The summed E-state index contributed by atoms with van der Waals surface area (Å²) in [4.78, 5) is 12.5. The largest absolute Gasteiger partial charge is 0.343 e. The normalized spacial score (nSPS) is 11.1. The Bertz CT molecular complexity index is 1230. The lowest BCUT2D eigenvalue weighted by Gasteiger charge is -2.10. The molecule has 0 saturated heterocycles. The van der Waals surface area contributed by atoms with Gasteiger partial charge in [-0.05, 0) is 73.2 Å². The molecule has 31 heavy (non-hydrogen) atoms.